The Morgan fingerprint density at radius 1 is 1.30 bits per heavy atom. The van der Waals surface area contributed by atoms with Crippen LogP contribution in [-0.4, -0.2) is 28.0 Å². The van der Waals surface area contributed by atoms with Crippen LogP contribution >= 0.6 is 24.8 Å². The molecular formula is C16H26Cl2N4O. The van der Waals surface area contributed by atoms with Crippen molar-refractivity contribution in [2.75, 3.05) is 6.54 Å². The lowest BCUT2D eigenvalue weighted by molar-refractivity contribution is -0.124. The van der Waals surface area contributed by atoms with E-state index in [0.29, 0.717) is 6.54 Å². The molecular weight excluding hydrogens is 335 g/mol. The van der Waals surface area contributed by atoms with Gasteiger partial charge in [0.05, 0.1) is 11.0 Å². The molecule has 2 unspecified atom stereocenters. The van der Waals surface area contributed by atoms with E-state index in [-0.39, 0.29) is 42.7 Å². The Morgan fingerprint density at radius 3 is 2.57 bits per heavy atom. The number of hydrogen-bond acceptors (Lipinski definition) is 3. The van der Waals surface area contributed by atoms with Crippen LogP contribution in [0.3, 0.4) is 0 Å². The molecule has 0 saturated carbocycles. The molecule has 1 aromatic heterocycles. The van der Waals surface area contributed by atoms with E-state index in [1.165, 1.54) is 0 Å². The van der Waals surface area contributed by atoms with Crippen LogP contribution in [0, 0.1) is 5.92 Å². The van der Waals surface area contributed by atoms with Crippen LogP contribution in [0.15, 0.2) is 24.3 Å². The summed E-state index contributed by atoms with van der Waals surface area (Å²) in [4.78, 5) is 16.5. The van der Waals surface area contributed by atoms with E-state index in [1.54, 1.807) is 0 Å². The number of halogens is 2. The largest absolute Gasteiger partial charge is 0.355 e. The first kappa shape index (κ1) is 21.7. The van der Waals surface area contributed by atoms with E-state index in [9.17, 15) is 4.79 Å². The molecule has 2 aromatic rings. The fourth-order valence-electron chi connectivity index (χ4n) is 2.37. The molecule has 2 atom stereocenters. The van der Waals surface area contributed by atoms with Crippen LogP contribution in [0.1, 0.15) is 26.6 Å². The number of fused-ring (bicyclic) bond motifs is 1. The van der Waals surface area contributed by atoms with E-state index in [4.69, 9.17) is 5.73 Å². The van der Waals surface area contributed by atoms with E-state index in [2.05, 4.69) is 27.9 Å². The summed E-state index contributed by atoms with van der Waals surface area (Å²) in [6.45, 7) is 7.26. The molecule has 5 nitrogen and oxygen atoms in total. The molecule has 7 heteroatoms. The minimum atomic E-state index is -0.171. The third-order valence-electron chi connectivity index (χ3n) is 3.90. The summed E-state index contributed by atoms with van der Waals surface area (Å²) in [6, 6.07) is 7.97. The Kier molecular flexibility index (Phi) is 9.20. The number of aryl methyl sites for hydroxylation is 1. The normalized spacial score (nSPS) is 12.9. The van der Waals surface area contributed by atoms with Crippen LogP contribution in [0.4, 0.5) is 0 Å². The minimum absolute atomic E-state index is 0. The van der Waals surface area contributed by atoms with Crippen molar-refractivity contribution in [1.82, 2.24) is 14.9 Å². The molecule has 0 radical (unpaired) electrons. The monoisotopic (exact) mass is 360 g/mol. The molecule has 0 aliphatic heterocycles. The second-order valence-corrected chi connectivity index (χ2v) is 5.45. The molecule has 0 spiro atoms. The number of benzene rings is 1. The summed E-state index contributed by atoms with van der Waals surface area (Å²) in [5, 5.41) is 2.94. The van der Waals surface area contributed by atoms with Gasteiger partial charge < -0.3 is 15.6 Å². The number of para-hydroxylation sites is 2. The zero-order valence-electron chi connectivity index (χ0n) is 13.8. The Bertz CT molecular complexity index is 628. The smallest absolute Gasteiger partial charge is 0.224 e. The Hall–Kier alpha value is -1.30. The highest BCUT2D eigenvalue weighted by Crippen LogP contribution is 2.16. The average Bonchev–Trinajstić information content (AvgIpc) is 2.83. The van der Waals surface area contributed by atoms with E-state index < -0.39 is 0 Å². The molecule has 23 heavy (non-hydrogen) atoms. The van der Waals surface area contributed by atoms with Crippen LogP contribution < -0.4 is 11.1 Å². The zero-order valence-corrected chi connectivity index (χ0v) is 15.4. The molecule has 0 bridgehead atoms. The van der Waals surface area contributed by atoms with Crippen molar-refractivity contribution < 1.29 is 4.79 Å². The number of hydrogen-bond donors (Lipinski definition) is 2. The highest BCUT2D eigenvalue weighted by molar-refractivity contribution is 5.85. The molecule has 0 saturated heterocycles. The van der Waals surface area contributed by atoms with Crippen LogP contribution in [0.2, 0.25) is 0 Å². The number of aromatic nitrogens is 2. The molecule has 2 rings (SSSR count). The summed E-state index contributed by atoms with van der Waals surface area (Å²) < 4.78 is 2.19. The number of imidazole rings is 1. The van der Waals surface area contributed by atoms with Crippen LogP contribution in [-0.2, 0) is 17.8 Å². The second kappa shape index (κ2) is 9.75. The predicted molar refractivity (Wildman–Crippen MR) is 99.4 cm³/mol. The van der Waals surface area contributed by atoms with Crippen LogP contribution in [0.5, 0.6) is 0 Å². The highest BCUT2D eigenvalue weighted by Gasteiger charge is 2.16. The molecule has 0 aliphatic carbocycles. The summed E-state index contributed by atoms with van der Waals surface area (Å²) in [5.41, 5.74) is 7.89. The lowest BCUT2D eigenvalue weighted by atomic mass is 10.0. The van der Waals surface area contributed by atoms with Gasteiger partial charge in [0.2, 0.25) is 5.91 Å². The molecule has 0 fully saturated rings. The fraction of sp³-hybridized carbons (Fsp3) is 0.500. The maximum absolute atomic E-state index is 11.9. The Balaban J connectivity index is 0.00000242. The number of nitrogens with one attached hydrogen (secondary N) is 1. The van der Waals surface area contributed by atoms with E-state index >= 15 is 0 Å². The van der Waals surface area contributed by atoms with E-state index in [0.717, 1.165) is 29.8 Å². The predicted octanol–water partition coefficient (Wildman–Crippen LogP) is 2.54. The van der Waals surface area contributed by atoms with Crippen molar-refractivity contribution in [3.05, 3.63) is 30.1 Å². The molecule has 0 aliphatic rings. The third kappa shape index (κ3) is 5.09. The lowest BCUT2D eigenvalue weighted by Crippen LogP contribution is -2.39. The van der Waals surface area contributed by atoms with E-state index in [1.807, 2.05) is 32.0 Å². The number of carbonyl (C=O) groups excluding carboxylic acids is 1. The summed E-state index contributed by atoms with van der Waals surface area (Å²) in [7, 11) is 0. The molecule has 1 heterocycles. The van der Waals surface area contributed by atoms with Crippen molar-refractivity contribution >= 4 is 41.8 Å². The topological polar surface area (TPSA) is 72.9 Å². The van der Waals surface area contributed by atoms with Gasteiger partial charge in [0, 0.05) is 31.5 Å². The van der Waals surface area contributed by atoms with Crippen molar-refractivity contribution in [3.63, 3.8) is 0 Å². The molecule has 130 valence electrons. The number of nitrogens with two attached hydrogens (primary N) is 1. The SMILES string of the molecule is CCn1c(CCNC(=O)C(C)C(C)N)nc2ccccc21.Cl.Cl. The van der Waals surface area contributed by atoms with Gasteiger partial charge in [-0.1, -0.05) is 19.1 Å². The Morgan fingerprint density at radius 2 is 1.96 bits per heavy atom. The summed E-state index contributed by atoms with van der Waals surface area (Å²) >= 11 is 0. The van der Waals surface area contributed by atoms with Gasteiger partial charge in [-0.15, -0.1) is 24.8 Å². The molecule has 1 amide bonds. The first-order valence-corrected chi connectivity index (χ1v) is 7.52. The zero-order chi connectivity index (χ0) is 15.4. The maximum atomic E-state index is 11.9. The van der Waals surface area contributed by atoms with Crippen molar-refractivity contribution in [2.45, 2.75) is 39.8 Å². The van der Waals surface area contributed by atoms with Gasteiger partial charge in [-0.3, -0.25) is 4.79 Å². The Labute approximate surface area is 149 Å². The first-order valence-electron chi connectivity index (χ1n) is 7.52. The van der Waals surface area contributed by atoms with Gasteiger partial charge in [-0.05, 0) is 26.0 Å². The molecule has 1 aromatic carbocycles. The standard InChI is InChI=1S/C16H24N4O.2ClH/c1-4-20-14-8-6-5-7-13(14)19-15(20)9-10-18-16(21)11(2)12(3)17;;/h5-8,11-12H,4,9-10,17H2,1-3H3,(H,18,21);2*1H. The number of rotatable bonds is 6. The first-order chi connectivity index (χ1) is 10.0. The maximum Gasteiger partial charge on any atom is 0.224 e. The van der Waals surface area contributed by atoms with Crippen LogP contribution in [0.25, 0.3) is 11.0 Å². The number of amides is 1. The lowest BCUT2D eigenvalue weighted by Gasteiger charge is -2.15. The van der Waals surface area contributed by atoms with Gasteiger partial charge in [-0.2, -0.15) is 0 Å². The second-order valence-electron chi connectivity index (χ2n) is 5.45. The number of carbonyl (C=O) groups is 1. The molecule has 3 N–H and O–H groups in total. The van der Waals surface area contributed by atoms with Crippen molar-refractivity contribution in [2.24, 2.45) is 11.7 Å². The van der Waals surface area contributed by atoms with Gasteiger partial charge in [0.1, 0.15) is 5.82 Å². The van der Waals surface area contributed by atoms with Gasteiger partial charge in [0.25, 0.3) is 0 Å². The van der Waals surface area contributed by atoms with Crippen molar-refractivity contribution in [1.29, 1.82) is 0 Å². The number of nitrogens with zero attached hydrogens (tertiary/aromatic N) is 2. The summed E-state index contributed by atoms with van der Waals surface area (Å²) in [6.07, 6.45) is 0.722. The van der Waals surface area contributed by atoms with Gasteiger partial charge >= 0.3 is 0 Å². The highest BCUT2D eigenvalue weighted by atomic mass is 35.5. The van der Waals surface area contributed by atoms with Gasteiger partial charge in [0.15, 0.2) is 0 Å². The minimum Gasteiger partial charge on any atom is -0.355 e. The quantitative estimate of drug-likeness (QED) is 0.831. The summed E-state index contributed by atoms with van der Waals surface area (Å²) in [5.74, 6) is 0.839. The third-order valence-corrected chi connectivity index (χ3v) is 3.90. The fourth-order valence-corrected chi connectivity index (χ4v) is 2.37. The van der Waals surface area contributed by atoms with Crippen molar-refractivity contribution in [3.8, 4) is 0 Å². The average molecular weight is 361 g/mol. The van der Waals surface area contributed by atoms with Gasteiger partial charge in [-0.25, -0.2) is 4.98 Å².